The van der Waals surface area contributed by atoms with E-state index in [9.17, 15) is 14.7 Å². The first-order valence-corrected chi connectivity index (χ1v) is 10.3. The summed E-state index contributed by atoms with van der Waals surface area (Å²) in [6.07, 6.45) is 4.78. The minimum absolute atomic E-state index is 0.101. The molecule has 1 heterocycles. The number of carbonyl (C=O) groups excluding carboxylic acids is 1. The molecule has 0 aromatic heterocycles. The third-order valence-corrected chi connectivity index (χ3v) is 6.03. The standard InChI is InChI=1S/C23H34N2O3/c1-5-24(6-2)15-14-20(26)16-23(3,4)19-12-13-21(25(17-19)22(27)28)18-10-8-7-9-11-18/h7-11,14-15,19,21H,5-6,12-13,16-17H2,1-4H3,(H,27,28)/b15-14+. The fraction of sp³-hybridized carbons (Fsp3) is 0.565. The molecule has 1 aliphatic rings. The number of hydrogen-bond acceptors (Lipinski definition) is 3. The molecule has 2 atom stereocenters. The molecule has 0 aliphatic carbocycles. The highest BCUT2D eigenvalue weighted by Gasteiger charge is 2.39. The van der Waals surface area contributed by atoms with Crippen molar-refractivity contribution in [1.82, 2.24) is 9.80 Å². The van der Waals surface area contributed by atoms with Crippen LogP contribution in [0.25, 0.3) is 0 Å². The number of likely N-dealkylation sites (tertiary alicyclic amines) is 1. The molecule has 2 unspecified atom stereocenters. The van der Waals surface area contributed by atoms with Crippen molar-refractivity contribution in [3.05, 3.63) is 48.2 Å². The lowest BCUT2D eigenvalue weighted by Gasteiger charge is -2.44. The molecular weight excluding hydrogens is 352 g/mol. The molecule has 1 aliphatic heterocycles. The van der Waals surface area contributed by atoms with E-state index >= 15 is 0 Å². The highest BCUT2D eigenvalue weighted by Crippen LogP contribution is 2.42. The van der Waals surface area contributed by atoms with Crippen LogP contribution in [0.2, 0.25) is 0 Å². The van der Waals surface area contributed by atoms with Gasteiger partial charge in [0.2, 0.25) is 0 Å². The van der Waals surface area contributed by atoms with Crippen LogP contribution in [-0.2, 0) is 4.79 Å². The van der Waals surface area contributed by atoms with E-state index < -0.39 is 6.09 Å². The van der Waals surface area contributed by atoms with Gasteiger partial charge in [-0.1, -0.05) is 44.2 Å². The molecule has 0 spiro atoms. The minimum Gasteiger partial charge on any atom is -0.465 e. The molecule has 1 fully saturated rings. The van der Waals surface area contributed by atoms with Crippen molar-refractivity contribution in [2.75, 3.05) is 19.6 Å². The minimum atomic E-state index is -0.887. The molecule has 1 N–H and O–H groups in total. The Hall–Kier alpha value is -2.30. The highest BCUT2D eigenvalue weighted by molar-refractivity contribution is 5.90. The zero-order chi connectivity index (χ0) is 20.7. The second kappa shape index (κ2) is 9.76. The van der Waals surface area contributed by atoms with Crippen molar-refractivity contribution in [3.8, 4) is 0 Å². The lowest BCUT2D eigenvalue weighted by atomic mass is 9.70. The maximum Gasteiger partial charge on any atom is 0.407 e. The molecule has 2 rings (SSSR count). The fourth-order valence-corrected chi connectivity index (χ4v) is 4.12. The summed E-state index contributed by atoms with van der Waals surface area (Å²) in [6, 6.07) is 9.73. The van der Waals surface area contributed by atoms with Crippen LogP contribution in [0.1, 0.15) is 58.6 Å². The molecule has 0 radical (unpaired) electrons. The SMILES string of the molecule is CCN(/C=C/C(=O)CC(C)(C)C1CCC(c2ccccc2)N(C(=O)O)C1)CC. The third kappa shape index (κ3) is 5.60. The number of allylic oxidation sites excluding steroid dienone is 1. The summed E-state index contributed by atoms with van der Waals surface area (Å²) in [4.78, 5) is 28.1. The average Bonchev–Trinajstić information content (AvgIpc) is 2.68. The van der Waals surface area contributed by atoms with E-state index in [1.54, 1.807) is 11.0 Å². The van der Waals surface area contributed by atoms with Crippen molar-refractivity contribution in [2.24, 2.45) is 11.3 Å². The van der Waals surface area contributed by atoms with Crippen molar-refractivity contribution in [1.29, 1.82) is 0 Å². The Morgan fingerprint density at radius 2 is 1.82 bits per heavy atom. The number of amides is 1. The van der Waals surface area contributed by atoms with Gasteiger partial charge in [0, 0.05) is 32.3 Å². The van der Waals surface area contributed by atoms with Crippen LogP contribution in [0.5, 0.6) is 0 Å². The molecule has 154 valence electrons. The summed E-state index contributed by atoms with van der Waals surface area (Å²) in [6.45, 7) is 10.5. The predicted molar refractivity (Wildman–Crippen MR) is 112 cm³/mol. The Labute approximate surface area is 169 Å². The van der Waals surface area contributed by atoms with E-state index in [2.05, 4.69) is 32.6 Å². The summed E-state index contributed by atoms with van der Waals surface area (Å²) in [7, 11) is 0. The Balaban J connectivity index is 2.06. The van der Waals surface area contributed by atoms with Crippen LogP contribution in [-0.4, -0.2) is 46.4 Å². The first-order chi connectivity index (χ1) is 13.3. The second-order valence-electron chi connectivity index (χ2n) is 8.30. The topological polar surface area (TPSA) is 60.9 Å². The van der Waals surface area contributed by atoms with E-state index in [0.717, 1.165) is 31.5 Å². The average molecular weight is 387 g/mol. The molecule has 1 aromatic rings. The monoisotopic (exact) mass is 386 g/mol. The number of benzene rings is 1. The van der Waals surface area contributed by atoms with Crippen LogP contribution in [0.3, 0.4) is 0 Å². The molecule has 28 heavy (non-hydrogen) atoms. The predicted octanol–water partition coefficient (Wildman–Crippen LogP) is 4.96. The van der Waals surface area contributed by atoms with Gasteiger partial charge in [0.1, 0.15) is 0 Å². The van der Waals surface area contributed by atoms with Crippen LogP contribution < -0.4 is 0 Å². The van der Waals surface area contributed by atoms with Gasteiger partial charge < -0.3 is 14.9 Å². The number of carboxylic acid groups (broad SMARTS) is 1. The van der Waals surface area contributed by atoms with Crippen molar-refractivity contribution < 1.29 is 14.7 Å². The molecule has 5 heteroatoms. The lowest BCUT2D eigenvalue weighted by molar-refractivity contribution is -0.117. The summed E-state index contributed by atoms with van der Waals surface area (Å²) < 4.78 is 0. The smallest absolute Gasteiger partial charge is 0.407 e. The molecule has 1 saturated heterocycles. The van der Waals surface area contributed by atoms with Crippen LogP contribution >= 0.6 is 0 Å². The molecule has 1 amide bonds. The van der Waals surface area contributed by atoms with Gasteiger partial charge in [0.15, 0.2) is 5.78 Å². The summed E-state index contributed by atoms with van der Waals surface area (Å²) >= 11 is 0. The number of nitrogens with zero attached hydrogens (tertiary/aromatic N) is 2. The first-order valence-electron chi connectivity index (χ1n) is 10.3. The number of hydrogen-bond donors (Lipinski definition) is 1. The number of rotatable bonds is 8. The number of carbonyl (C=O) groups is 2. The van der Waals surface area contributed by atoms with Gasteiger partial charge in [-0.25, -0.2) is 4.79 Å². The lowest BCUT2D eigenvalue weighted by Crippen LogP contribution is -2.46. The van der Waals surface area contributed by atoms with Crippen LogP contribution in [0.15, 0.2) is 42.6 Å². The summed E-state index contributed by atoms with van der Waals surface area (Å²) in [5, 5.41) is 9.78. The Bertz CT molecular complexity index is 680. The maximum atomic E-state index is 12.5. The highest BCUT2D eigenvalue weighted by atomic mass is 16.4. The Kier molecular flexibility index (Phi) is 7.67. The zero-order valence-electron chi connectivity index (χ0n) is 17.6. The number of piperidine rings is 1. The van der Waals surface area contributed by atoms with Crippen LogP contribution in [0, 0.1) is 11.3 Å². The summed E-state index contributed by atoms with van der Waals surface area (Å²) in [5.41, 5.74) is 0.791. The molecule has 0 saturated carbocycles. The van der Waals surface area contributed by atoms with Gasteiger partial charge in [-0.2, -0.15) is 0 Å². The maximum absolute atomic E-state index is 12.5. The third-order valence-electron chi connectivity index (χ3n) is 6.03. The van der Waals surface area contributed by atoms with E-state index in [1.165, 1.54) is 0 Å². The normalized spacial score (nSPS) is 20.4. The van der Waals surface area contributed by atoms with Crippen molar-refractivity contribution >= 4 is 11.9 Å². The van der Waals surface area contributed by atoms with Gasteiger partial charge in [-0.3, -0.25) is 4.79 Å². The van der Waals surface area contributed by atoms with Gasteiger partial charge in [-0.15, -0.1) is 0 Å². The zero-order valence-corrected chi connectivity index (χ0v) is 17.6. The molecule has 1 aromatic carbocycles. The number of ketones is 1. The van der Waals surface area contributed by atoms with Gasteiger partial charge in [0.25, 0.3) is 0 Å². The van der Waals surface area contributed by atoms with E-state index in [1.807, 2.05) is 36.5 Å². The quantitative estimate of drug-likeness (QED) is 0.642. The van der Waals surface area contributed by atoms with E-state index in [0.29, 0.717) is 13.0 Å². The van der Waals surface area contributed by atoms with E-state index in [-0.39, 0.29) is 23.2 Å². The summed E-state index contributed by atoms with van der Waals surface area (Å²) in [5.74, 6) is 0.262. The Morgan fingerprint density at radius 1 is 1.18 bits per heavy atom. The first kappa shape index (κ1) is 22.0. The van der Waals surface area contributed by atoms with Gasteiger partial charge in [-0.05, 0) is 49.7 Å². The molecule has 0 bridgehead atoms. The molecular formula is C23H34N2O3. The van der Waals surface area contributed by atoms with Crippen molar-refractivity contribution in [2.45, 2.75) is 53.0 Å². The van der Waals surface area contributed by atoms with E-state index in [4.69, 9.17) is 0 Å². The van der Waals surface area contributed by atoms with Gasteiger partial charge in [0.05, 0.1) is 6.04 Å². The Morgan fingerprint density at radius 3 is 2.39 bits per heavy atom. The van der Waals surface area contributed by atoms with Crippen LogP contribution in [0.4, 0.5) is 4.79 Å². The van der Waals surface area contributed by atoms with Crippen molar-refractivity contribution in [3.63, 3.8) is 0 Å². The second-order valence-corrected chi connectivity index (χ2v) is 8.30. The fourth-order valence-electron chi connectivity index (χ4n) is 4.12. The molecule has 5 nitrogen and oxygen atoms in total. The largest absolute Gasteiger partial charge is 0.465 e. The van der Waals surface area contributed by atoms with Gasteiger partial charge >= 0.3 is 6.09 Å².